The van der Waals surface area contributed by atoms with Crippen molar-refractivity contribution < 1.29 is 9.18 Å². The van der Waals surface area contributed by atoms with Crippen LogP contribution in [-0.4, -0.2) is 23.5 Å². The minimum absolute atomic E-state index is 0.189. The van der Waals surface area contributed by atoms with Gasteiger partial charge < -0.3 is 10.6 Å². The smallest absolute Gasteiger partial charge is 0.269 e. The van der Waals surface area contributed by atoms with Crippen molar-refractivity contribution in [3.63, 3.8) is 0 Å². The second kappa shape index (κ2) is 8.60. The molecule has 1 aliphatic carbocycles. The molecule has 2 aromatic rings. The van der Waals surface area contributed by atoms with E-state index in [1.807, 2.05) is 6.07 Å². The summed E-state index contributed by atoms with van der Waals surface area (Å²) in [5.74, 6) is -0.440. The molecule has 0 radical (unpaired) electrons. The van der Waals surface area contributed by atoms with E-state index in [4.69, 9.17) is 0 Å². The Morgan fingerprint density at radius 1 is 1.08 bits per heavy atom. The number of nitrogens with zero attached hydrogens (tertiary/aromatic N) is 1. The summed E-state index contributed by atoms with van der Waals surface area (Å²) in [6.45, 7) is 0.494. The Bertz CT molecular complexity index is 679. The standard InChI is InChI=1S/C20H24FN3O/c21-16-8-6-15(7-9-16)12-13-22-20(25)19-11-10-18(14-23-19)24-17-4-2-1-3-5-17/h6-11,14,17,24H,1-5,12-13H2,(H,22,25). The fourth-order valence-electron chi connectivity index (χ4n) is 3.16. The topological polar surface area (TPSA) is 54.0 Å². The van der Waals surface area contributed by atoms with E-state index in [2.05, 4.69) is 15.6 Å². The molecule has 0 aliphatic heterocycles. The lowest BCUT2D eigenvalue weighted by atomic mass is 9.95. The van der Waals surface area contributed by atoms with Crippen LogP contribution in [0.2, 0.25) is 0 Å². The monoisotopic (exact) mass is 341 g/mol. The van der Waals surface area contributed by atoms with Gasteiger partial charge in [-0.15, -0.1) is 0 Å². The summed E-state index contributed by atoms with van der Waals surface area (Å²) in [6, 6.07) is 10.5. The van der Waals surface area contributed by atoms with Crippen LogP contribution < -0.4 is 10.6 Å². The first-order valence-electron chi connectivity index (χ1n) is 8.96. The van der Waals surface area contributed by atoms with E-state index in [0.29, 0.717) is 24.7 Å². The SMILES string of the molecule is O=C(NCCc1ccc(F)cc1)c1ccc(NC2CCCCC2)cn1. The van der Waals surface area contributed by atoms with Crippen molar-refractivity contribution in [2.75, 3.05) is 11.9 Å². The van der Waals surface area contributed by atoms with Crippen LogP contribution in [0.3, 0.4) is 0 Å². The average Bonchev–Trinajstić information content (AvgIpc) is 2.65. The van der Waals surface area contributed by atoms with Crippen molar-refractivity contribution in [2.45, 2.75) is 44.6 Å². The normalized spacial score (nSPS) is 14.9. The molecule has 1 heterocycles. The highest BCUT2D eigenvalue weighted by Gasteiger charge is 2.13. The zero-order chi connectivity index (χ0) is 17.5. The fraction of sp³-hybridized carbons (Fsp3) is 0.400. The largest absolute Gasteiger partial charge is 0.381 e. The van der Waals surface area contributed by atoms with Crippen LogP contribution in [0.25, 0.3) is 0 Å². The summed E-state index contributed by atoms with van der Waals surface area (Å²) in [6.07, 6.45) is 8.67. The lowest BCUT2D eigenvalue weighted by molar-refractivity contribution is 0.0949. The number of nitrogens with one attached hydrogen (secondary N) is 2. The number of pyridine rings is 1. The number of amides is 1. The number of rotatable bonds is 6. The lowest BCUT2D eigenvalue weighted by Gasteiger charge is -2.23. The van der Waals surface area contributed by atoms with Gasteiger partial charge >= 0.3 is 0 Å². The van der Waals surface area contributed by atoms with Gasteiger partial charge in [0.1, 0.15) is 11.5 Å². The Labute approximate surface area is 147 Å². The van der Waals surface area contributed by atoms with Crippen LogP contribution in [0.4, 0.5) is 10.1 Å². The third kappa shape index (κ3) is 5.28. The number of anilines is 1. The van der Waals surface area contributed by atoms with Gasteiger partial charge in [0.15, 0.2) is 0 Å². The Balaban J connectivity index is 1.46. The quantitative estimate of drug-likeness (QED) is 0.837. The van der Waals surface area contributed by atoms with Gasteiger partial charge in [0.05, 0.1) is 11.9 Å². The van der Waals surface area contributed by atoms with Crippen molar-refractivity contribution in [3.05, 3.63) is 59.7 Å². The molecule has 25 heavy (non-hydrogen) atoms. The van der Waals surface area contributed by atoms with Crippen molar-refractivity contribution in [1.29, 1.82) is 0 Å². The van der Waals surface area contributed by atoms with E-state index in [1.54, 1.807) is 24.4 Å². The number of aromatic nitrogens is 1. The minimum atomic E-state index is -0.251. The Morgan fingerprint density at radius 2 is 1.84 bits per heavy atom. The number of benzene rings is 1. The number of carbonyl (C=O) groups is 1. The van der Waals surface area contributed by atoms with Crippen LogP contribution in [-0.2, 0) is 6.42 Å². The minimum Gasteiger partial charge on any atom is -0.381 e. The van der Waals surface area contributed by atoms with Crippen LogP contribution >= 0.6 is 0 Å². The van der Waals surface area contributed by atoms with Crippen LogP contribution in [0.1, 0.15) is 48.2 Å². The predicted octanol–water partition coefficient (Wildman–Crippen LogP) is 3.94. The molecule has 1 amide bonds. The van der Waals surface area contributed by atoms with Gasteiger partial charge in [0, 0.05) is 12.6 Å². The number of carbonyl (C=O) groups excluding carboxylic acids is 1. The fourth-order valence-corrected chi connectivity index (χ4v) is 3.16. The summed E-state index contributed by atoms with van der Waals surface area (Å²) in [5, 5.41) is 6.34. The molecule has 0 atom stereocenters. The first-order valence-corrected chi connectivity index (χ1v) is 8.96. The lowest BCUT2D eigenvalue weighted by Crippen LogP contribution is -2.26. The van der Waals surface area contributed by atoms with Crippen LogP contribution in [0.15, 0.2) is 42.6 Å². The van der Waals surface area contributed by atoms with E-state index < -0.39 is 0 Å². The Hall–Kier alpha value is -2.43. The van der Waals surface area contributed by atoms with Gasteiger partial charge in [-0.3, -0.25) is 4.79 Å². The molecule has 1 aromatic carbocycles. The van der Waals surface area contributed by atoms with Gasteiger partial charge in [-0.2, -0.15) is 0 Å². The van der Waals surface area contributed by atoms with Crippen molar-refractivity contribution in [2.24, 2.45) is 0 Å². The van der Waals surface area contributed by atoms with Gasteiger partial charge in [0.25, 0.3) is 5.91 Å². The van der Waals surface area contributed by atoms with Gasteiger partial charge in [-0.25, -0.2) is 9.37 Å². The summed E-state index contributed by atoms with van der Waals surface area (Å²) in [5.41, 5.74) is 2.37. The number of hydrogen-bond donors (Lipinski definition) is 2. The maximum absolute atomic E-state index is 12.9. The first-order chi connectivity index (χ1) is 12.2. The van der Waals surface area contributed by atoms with Crippen molar-refractivity contribution >= 4 is 11.6 Å². The highest BCUT2D eigenvalue weighted by molar-refractivity contribution is 5.92. The van der Waals surface area contributed by atoms with Crippen LogP contribution in [0.5, 0.6) is 0 Å². The van der Waals surface area contributed by atoms with E-state index in [1.165, 1.54) is 44.2 Å². The van der Waals surface area contributed by atoms with E-state index >= 15 is 0 Å². The molecule has 1 saturated carbocycles. The molecular formula is C20H24FN3O. The molecule has 3 rings (SSSR count). The van der Waals surface area contributed by atoms with Crippen molar-refractivity contribution in [3.8, 4) is 0 Å². The summed E-state index contributed by atoms with van der Waals surface area (Å²) >= 11 is 0. The Morgan fingerprint density at radius 3 is 2.52 bits per heavy atom. The van der Waals surface area contributed by atoms with E-state index in [-0.39, 0.29) is 11.7 Å². The van der Waals surface area contributed by atoms with E-state index in [0.717, 1.165) is 11.3 Å². The molecule has 2 N–H and O–H groups in total. The molecule has 1 fully saturated rings. The van der Waals surface area contributed by atoms with Crippen LogP contribution in [0, 0.1) is 5.82 Å². The highest BCUT2D eigenvalue weighted by atomic mass is 19.1. The molecule has 0 saturated heterocycles. The van der Waals surface area contributed by atoms with Gasteiger partial charge in [0.2, 0.25) is 0 Å². The second-order valence-corrected chi connectivity index (χ2v) is 6.54. The van der Waals surface area contributed by atoms with Gasteiger partial charge in [-0.05, 0) is 49.1 Å². The maximum Gasteiger partial charge on any atom is 0.269 e. The molecule has 1 aliphatic rings. The molecule has 5 heteroatoms. The number of hydrogen-bond acceptors (Lipinski definition) is 3. The zero-order valence-electron chi connectivity index (χ0n) is 14.3. The molecule has 0 unspecified atom stereocenters. The summed E-state index contributed by atoms with van der Waals surface area (Å²) in [4.78, 5) is 16.4. The van der Waals surface area contributed by atoms with Gasteiger partial charge in [-0.1, -0.05) is 31.4 Å². The molecule has 132 valence electrons. The number of halogens is 1. The second-order valence-electron chi connectivity index (χ2n) is 6.54. The molecule has 0 spiro atoms. The van der Waals surface area contributed by atoms with E-state index in [9.17, 15) is 9.18 Å². The maximum atomic E-state index is 12.9. The third-order valence-corrected chi connectivity index (χ3v) is 4.58. The summed E-state index contributed by atoms with van der Waals surface area (Å²) in [7, 11) is 0. The molecule has 4 nitrogen and oxygen atoms in total. The zero-order valence-corrected chi connectivity index (χ0v) is 14.3. The van der Waals surface area contributed by atoms with Crippen molar-refractivity contribution in [1.82, 2.24) is 10.3 Å². The summed E-state index contributed by atoms with van der Waals surface area (Å²) < 4.78 is 12.9. The highest BCUT2D eigenvalue weighted by Crippen LogP contribution is 2.21. The molecular weight excluding hydrogens is 317 g/mol. The molecule has 1 aromatic heterocycles. The Kier molecular flexibility index (Phi) is 5.99. The first kappa shape index (κ1) is 17.4. The third-order valence-electron chi connectivity index (χ3n) is 4.58. The predicted molar refractivity (Wildman–Crippen MR) is 97.2 cm³/mol. The average molecular weight is 341 g/mol. The molecule has 0 bridgehead atoms.